The van der Waals surface area contributed by atoms with E-state index < -0.39 is 10.0 Å². The highest BCUT2D eigenvalue weighted by Crippen LogP contribution is 2.27. The first-order valence-electron chi connectivity index (χ1n) is 6.94. The number of primary sulfonamides is 1. The van der Waals surface area contributed by atoms with Crippen LogP contribution in [-0.2, 0) is 10.0 Å². The maximum absolute atomic E-state index is 11.4. The number of nitrogens with two attached hydrogens (primary N) is 1. The Balaban J connectivity index is 2.10. The number of aromatic nitrogens is 1. The molecule has 1 aromatic heterocycles. The van der Waals surface area contributed by atoms with Gasteiger partial charge in [0.15, 0.2) is 0 Å². The Morgan fingerprint density at radius 1 is 0.913 bits per heavy atom. The van der Waals surface area contributed by atoms with Gasteiger partial charge in [0.25, 0.3) is 0 Å². The third kappa shape index (κ3) is 3.17. The largest absolute Gasteiger partial charge is 0.314 e. The first-order valence-corrected chi connectivity index (χ1v) is 8.86. The number of rotatable bonds is 3. The van der Waals surface area contributed by atoms with E-state index in [1.165, 1.54) is 12.1 Å². The van der Waals surface area contributed by atoms with Gasteiger partial charge in [0.1, 0.15) is 0 Å². The van der Waals surface area contributed by atoms with Gasteiger partial charge in [0, 0.05) is 16.4 Å². The standard InChI is InChI=1S/C17H15ClN2O2S/c1-12-2-11-17(20(12)15-7-5-14(18)6-8-15)13-3-9-16(10-4-13)23(19,21)22/h2-11H,1H3,(H2,19,21,22). The van der Waals surface area contributed by atoms with Crippen molar-refractivity contribution in [1.29, 1.82) is 0 Å². The first kappa shape index (κ1) is 15.8. The Labute approximate surface area is 140 Å². The smallest absolute Gasteiger partial charge is 0.238 e. The lowest BCUT2D eigenvalue weighted by atomic mass is 10.1. The first-order chi connectivity index (χ1) is 10.9. The summed E-state index contributed by atoms with van der Waals surface area (Å²) in [6.07, 6.45) is 0. The predicted octanol–water partition coefficient (Wildman–Crippen LogP) is 3.75. The minimum absolute atomic E-state index is 0.0996. The maximum Gasteiger partial charge on any atom is 0.238 e. The van der Waals surface area contributed by atoms with Crippen molar-refractivity contribution in [2.75, 3.05) is 0 Å². The molecular formula is C17H15ClN2O2S. The summed E-state index contributed by atoms with van der Waals surface area (Å²) in [5.74, 6) is 0. The van der Waals surface area contributed by atoms with Gasteiger partial charge in [-0.25, -0.2) is 13.6 Å². The predicted molar refractivity (Wildman–Crippen MR) is 92.3 cm³/mol. The normalized spacial score (nSPS) is 11.6. The monoisotopic (exact) mass is 346 g/mol. The fraction of sp³-hybridized carbons (Fsp3) is 0.0588. The third-order valence-electron chi connectivity index (χ3n) is 3.64. The fourth-order valence-electron chi connectivity index (χ4n) is 2.51. The SMILES string of the molecule is Cc1ccc(-c2ccc(S(N)(=O)=O)cc2)n1-c1ccc(Cl)cc1. The van der Waals surface area contributed by atoms with E-state index in [9.17, 15) is 8.42 Å². The number of hydrogen-bond acceptors (Lipinski definition) is 2. The Hall–Kier alpha value is -2.08. The van der Waals surface area contributed by atoms with Gasteiger partial charge in [0.2, 0.25) is 10.0 Å². The second kappa shape index (κ2) is 5.85. The summed E-state index contributed by atoms with van der Waals surface area (Å²) in [5, 5.41) is 5.82. The zero-order valence-corrected chi connectivity index (χ0v) is 14.0. The highest BCUT2D eigenvalue weighted by molar-refractivity contribution is 7.89. The van der Waals surface area contributed by atoms with Crippen molar-refractivity contribution in [1.82, 2.24) is 4.57 Å². The van der Waals surface area contributed by atoms with Crippen molar-refractivity contribution in [2.45, 2.75) is 11.8 Å². The molecule has 0 amide bonds. The zero-order valence-electron chi connectivity index (χ0n) is 12.4. The Morgan fingerprint density at radius 3 is 2.09 bits per heavy atom. The van der Waals surface area contributed by atoms with Crippen LogP contribution in [0.5, 0.6) is 0 Å². The van der Waals surface area contributed by atoms with Gasteiger partial charge in [-0.1, -0.05) is 23.7 Å². The van der Waals surface area contributed by atoms with E-state index in [-0.39, 0.29) is 4.90 Å². The lowest BCUT2D eigenvalue weighted by Crippen LogP contribution is -2.11. The topological polar surface area (TPSA) is 65.1 Å². The molecule has 0 atom stereocenters. The van der Waals surface area contributed by atoms with Gasteiger partial charge in [-0.2, -0.15) is 0 Å². The zero-order chi connectivity index (χ0) is 16.6. The molecule has 0 unspecified atom stereocenters. The summed E-state index contributed by atoms with van der Waals surface area (Å²) in [5.41, 5.74) is 3.92. The van der Waals surface area contributed by atoms with Gasteiger partial charge in [-0.05, 0) is 61.0 Å². The maximum atomic E-state index is 11.4. The molecule has 0 saturated carbocycles. The molecule has 2 N–H and O–H groups in total. The quantitative estimate of drug-likeness (QED) is 0.784. The molecule has 0 aliphatic carbocycles. The van der Waals surface area contributed by atoms with Crippen molar-refractivity contribution in [2.24, 2.45) is 5.14 Å². The average molecular weight is 347 g/mol. The van der Waals surface area contributed by atoms with Crippen LogP contribution < -0.4 is 5.14 Å². The number of aryl methyl sites for hydroxylation is 1. The second-order valence-corrected chi connectivity index (χ2v) is 7.24. The van der Waals surface area contributed by atoms with E-state index in [0.717, 1.165) is 22.6 Å². The molecule has 0 spiro atoms. The lowest BCUT2D eigenvalue weighted by molar-refractivity contribution is 0.598. The molecule has 0 radical (unpaired) electrons. The van der Waals surface area contributed by atoms with Crippen LogP contribution in [0.4, 0.5) is 0 Å². The number of sulfonamides is 1. The molecule has 3 rings (SSSR count). The number of halogens is 1. The molecular weight excluding hydrogens is 332 g/mol. The van der Waals surface area contributed by atoms with E-state index in [1.54, 1.807) is 12.1 Å². The van der Waals surface area contributed by atoms with Crippen LogP contribution in [-0.4, -0.2) is 13.0 Å². The summed E-state index contributed by atoms with van der Waals surface area (Å²) < 4.78 is 24.8. The van der Waals surface area contributed by atoms with Crippen LogP contribution in [0.25, 0.3) is 16.9 Å². The Bertz CT molecular complexity index is 943. The molecule has 118 valence electrons. The molecule has 6 heteroatoms. The van der Waals surface area contributed by atoms with Crippen LogP contribution in [0.3, 0.4) is 0 Å². The van der Waals surface area contributed by atoms with E-state index in [1.807, 2.05) is 43.3 Å². The number of hydrogen-bond donors (Lipinski definition) is 1. The molecule has 0 fully saturated rings. The van der Waals surface area contributed by atoms with Crippen LogP contribution in [0.15, 0.2) is 65.6 Å². The Morgan fingerprint density at radius 2 is 1.52 bits per heavy atom. The molecule has 0 saturated heterocycles. The Kier molecular flexibility index (Phi) is 4.02. The molecule has 3 aromatic rings. The van der Waals surface area contributed by atoms with Gasteiger partial charge < -0.3 is 4.57 Å². The fourth-order valence-corrected chi connectivity index (χ4v) is 3.15. The van der Waals surface area contributed by atoms with Gasteiger partial charge in [-0.15, -0.1) is 0 Å². The van der Waals surface area contributed by atoms with Crippen molar-refractivity contribution in [3.63, 3.8) is 0 Å². The van der Waals surface area contributed by atoms with Gasteiger partial charge >= 0.3 is 0 Å². The highest BCUT2D eigenvalue weighted by Gasteiger charge is 2.12. The summed E-state index contributed by atoms with van der Waals surface area (Å²) in [4.78, 5) is 0.0996. The lowest BCUT2D eigenvalue weighted by Gasteiger charge is -2.12. The summed E-state index contributed by atoms with van der Waals surface area (Å²) in [6, 6.07) is 18.1. The van der Waals surface area contributed by atoms with E-state index >= 15 is 0 Å². The average Bonchev–Trinajstić information content (AvgIpc) is 2.89. The van der Waals surface area contributed by atoms with Crippen LogP contribution in [0.2, 0.25) is 5.02 Å². The molecule has 0 aliphatic heterocycles. The molecule has 0 bridgehead atoms. The van der Waals surface area contributed by atoms with Crippen LogP contribution >= 0.6 is 11.6 Å². The number of benzene rings is 2. The highest BCUT2D eigenvalue weighted by atomic mass is 35.5. The van der Waals surface area contributed by atoms with Crippen molar-refractivity contribution < 1.29 is 8.42 Å². The molecule has 4 nitrogen and oxygen atoms in total. The molecule has 23 heavy (non-hydrogen) atoms. The molecule has 0 aliphatic rings. The second-order valence-electron chi connectivity index (χ2n) is 5.24. The van der Waals surface area contributed by atoms with Gasteiger partial charge in [-0.3, -0.25) is 0 Å². The van der Waals surface area contributed by atoms with E-state index in [4.69, 9.17) is 16.7 Å². The molecule has 2 aromatic carbocycles. The van der Waals surface area contributed by atoms with Crippen LogP contribution in [0, 0.1) is 6.92 Å². The summed E-state index contributed by atoms with van der Waals surface area (Å²) in [7, 11) is -3.69. The van der Waals surface area contributed by atoms with Crippen molar-refractivity contribution in [3.8, 4) is 16.9 Å². The van der Waals surface area contributed by atoms with Crippen molar-refractivity contribution >= 4 is 21.6 Å². The van der Waals surface area contributed by atoms with E-state index in [0.29, 0.717) is 5.02 Å². The van der Waals surface area contributed by atoms with E-state index in [2.05, 4.69) is 4.57 Å². The number of nitrogens with zero attached hydrogens (tertiary/aromatic N) is 1. The summed E-state index contributed by atoms with van der Waals surface area (Å²) in [6.45, 7) is 2.01. The minimum atomic E-state index is -3.69. The third-order valence-corrected chi connectivity index (χ3v) is 4.82. The van der Waals surface area contributed by atoms with Crippen molar-refractivity contribution in [3.05, 3.63) is 71.4 Å². The van der Waals surface area contributed by atoms with Crippen LogP contribution in [0.1, 0.15) is 5.69 Å². The minimum Gasteiger partial charge on any atom is -0.314 e. The summed E-state index contributed by atoms with van der Waals surface area (Å²) >= 11 is 5.95. The molecule has 1 heterocycles. The van der Waals surface area contributed by atoms with Gasteiger partial charge in [0.05, 0.1) is 10.6 Å².